The largest absolute Gasteiger partial charge is 0.360 e. The third kappa shape index (κ3) is 4.01. The number of aryl methyl sites for hydroxylation is 1. The molecule has 0 unspecified atom stereocenters. The topological polar surface area (TPSA) is 92.9 Å². The smallest absolute Gasteiger partial charge is 0.275 e. The van der Waals surface area contributed by atoms with Gasteiger partial charge in [0.15, 0.2) is 5.82 Å². The van der Waals surface area contributed by atoms with Crippen LogP contribution >= 0.6 is 23.2 Å². The van der Waals surface area contributed by atoms with Crippen molar-refractivity contribution >= 4 is 46.6 Å². The lowest BCUT2D eigenvalue weighted by Crippen LogP contribution is -2.15. The van der Waals surface area contributed by atoms with Crippen molar-refractivity contribution in [3.05, 3.63) is 58.0 Å². The number of aromatic nitrogens is 3. The van der Waals surface area contributed by atoms with E-state index in [0.29, 0.717) is 27.3 Å². The second-order valence-electron chi connectivity index (χ2n) is 4.83. The van der Waals surface area contributed by atoms with E-state index in [2.05, 4.69) is 25.8 Å². The molecule has 0 aliphatic heterocycles. The highest BCUT2D eigenvalue weighted by molar-refractivity contribution is 6.35. The van der Waals surface area contributed by atoms with E-state index in [4.69, 9.17) is 27.7 Å². The monoisotopic (exact) mass is 363 g/mol. The van der Waals surface area contributed by atoms with E-state index < -0.39 is 5.91 Å². The lowest BCUT2D eigenvalue weighted by molar-refractivity contribution is 0.102. The summed E-state index contributed by atoms with van der Waals surface area (Å²) in [5.74, 6) is 0.704. The number of hydrogen-bond acceptors (Lipinski definition) is 6. The molecule has 0 aliphatic carbocycles. The summed E-state index contributed by atoms with van der Waals surface area (Å²) < 4.78 is 4.89. The molecule has 0 atom stereocenters. The molecule has 2 heterocycles. The lowest BCUT2D eigenvalue weighted by atomic mass is 10.3. The predicted molar refractivity (Wildman–Crippen MR) is 91.0 cm³/mol. The second kappa shape index (κ2) is 6.86. The maximum Gasteiger partial charge on any atom is 0.275 e. The minimum Gasteiger partial charge on any atom is -0.360 e. The quantitative estimate of drug-likeness (QED) is 0.725. The Hall–Kier alpha value is -2.64. The Morgan fingerprint density at radius 2 is 1.92 bits per heavy atom. The Balaban J connectivity index is 1.77. The summed E-state index contributed by atoms with van der Waals surface area (Å²) in [5, 5.41) is 10.2. The molecule has 1 amide bonds. The molecular weight excluding hydrogens is 353 g/mol. The number of benzene rings is 1. The first-order valence-electron chi connectivity index (χ1n) is 6.80. The van der Waals surface area contributed by atoms with Gasteiger partial charge in [-0.15, -0.1) is 0 Å². The van der Waals surface area contributed by atoms with Crippen molar-refractivity contribution in [3.63, 3.8) is 0 Å². The molecule has 2 N–H and O–H groups in total. The van der Waals surface area contributed by atoms with Gasteiger partial charge in [-0.2, -0.15) is 0 Å². The zero-order chi connectivity index (χ0) is 17.1. The first kappa shape index (κ1) is 16.2. The van der Waals surface area contributed by atoms with E-state index in [1.54, 1.807) is 31.2 Å². The summed E-state index contributed by atoms with van der Waals surface area (Å²) in [6.07, 6.45) is 1.46. The van der Waals surface area contributed by atoms with E-state index in [1.165, 1.54) is 12.3 Å². The highest BCUT2D eigenvalue weighted by Crippen LogP contribution is 2.24. The average molecular weight is 364 g/mol. The van der Waals surface area contributed by atoms with E-state index in [-0.39, 0.29) is 11.6 Å². The van der Waals surface area contributed by atoms with Crippen molar-refractivity contribution in [2.24, 2.45) is 0 Å². The number of nitrogens with zero attached hydrogens (tertiary/aromatic N) is 3. The third-order valence-electron chi connectivity index (χ3n) is 2.88. The Kier molecular flexibility index (Phi) is 4.64. The van der Waals surface area contributed by atoms with E-state index in [0.717, 1.165) is 0 Å². The number of carbonyl (C=O) groups is 1. The maximum atomic E-state index is 12.2. The van der Waals surface area contributed by atoms with Crippen LogP contribution in [0.4, 0.5) is 17.5 Å². The molecule has 0 aliphatic rings. The Bertz CT molecular complexity index is 877. The van der Waals surface area contributed by atoms with E-state index in [9.17, 15) is 4.79 Å². The van der Waals surface area contributed by atoms with Gasteiger partial charge in [0, 0.05) is 28.0 Å². The molecule has 9 heteroatoms. The van der Waals surface area contributed by atoms with Gasteiger partial charge in [0.05, 0.1) is 0 Å². The Labute approximate surface area is 147 Å². The summed E-state index contributed by atoms with van der Waals surface area (Å²) in [6, 6.07) is 8.03. The third-order valence-corrected chi connectivity index (χ3v) is 3.31. The van der Waals surface area contributed by atoms with Gasteiger partial charge in [0.2, 0.25) is 5.95 Å². The maximum absolute atomic E-state index is 12.2. The van der Waals surface area contributed by atoms with Crippen molar-refractivity contribution in [1.82, 2.24) is 15.1 Å². The number of nitrogens with one attached hydrogen (secondary N) is 2. The van der Waals surface area contributed by atoms with Crippen LogP contribution < -0.4 is 10.6 Å². The molecule has 3 rings (SSSR count). The molecule has 122 valence electrons. The van der Waals surface area contributed by atoms with Gasteiger partial charge in [-0.25, -0.2) is 9.97 Å². The van der Waals surface area contributed by atoms with Crippen molar-refractivity contribution in [1.29, 1.82) is 0 Å². The molecular formula is C15H11Cl2N5O2. The second-order valence-corrected chi connectivity index (χ2v) is 5.70. The molecule has 0 radical (unpaired) electrons. The van der Waals surface area contributed by atoms with Crippen molar-refractivity contribution < 1.29 is 9.32 Å². The normalized spacial score (nSPS) is 10.5. The van der Waals surface area contributed by atoms with Crippen LogP contribution in [0.3, 0.4) is 0 Å². The van der Waals surface area contributed by atoms with Crippen LogP contribution in [-0.4, -0.2) is 21.0 Å². The highest BCUT2D eigenvalue weighted by Gasteiger charge is 2.12. The molecule has 2 aromatic heterocycles. The molecule has 0 saturated heterocycles. The van der Waals surface area contributed by atoms with Crippen LogP contribution in [0.1, 0.15) is 16.2 Å². The van der Waals surface area contributed by atoms with Gasteiger partial charge in [-0.1, -0.05) is 28.4 Å². The van der Waals surface area contributed by atoms with Gasteiger partial charge >= 0.3 is 0 Å². The zero-order valence-electron chi connectivity index (χ0n) is 12.4. The van der Waals surface area contributed by atoms with Gasteiger partial charge in [0.1, 0.15) is 11.5 Å². The first-order chi connectivity index (χ1) is 11.5. The van der Waals surface area contributed by atoms with Crippen molar-refractivity contribution in [2.45, 2.75) is 6.92 Å². The molecule has 1 aromatic carbocycles. The molecule has 24 heavy (non-hydrogen) atoms. The summed E-state index contributed by atoms with van der Waals surface area (Å²) >= 11 is 11.9. The fourth-order valence-corrected chi connectivity index (χ4v) is 2.43. The molecule has 0 bridgehead atoms. The molecule has 3 aromatic rings. The average Bonchev–Trinajstić information content (AvgIpc) is 2.91. The van der Waals surface area contributed by atoms with Crippen LogP contribution in [0, 0.1) is 6.92 Å². The number of anilines is 3. The Morgan fingerprint density at radius 3 is 2.58 bits per heavy atom. The van der Waals surface area contributed by atoms with E-state index >= 15 is 0 Å². The SMILES string of the molecule is Cc1cc(NC(=O)c2ccnc(Nc3cc(Cl)cc(Cl)c3)n2)no1. The van der Waals surface area contributed by atoms with Crippen LogP contribution in [-0.2, 0) is 0 Å². The number of amides is 1. The van der Waals surface area contributed by atoms with Gasteiger partial charge < -0.3 is 15.2 Å². The lowest BCUT2D eigenvalue weighted by Gasteiger charge is -2.07. The fourth-order valence-electron chi connectivity index (χ4n) is 1.91. The summed E-state index contributed by atoms with van der Waals surface area (Å²) in [6.45, 7) is 1.73. The zero-order valence-corrected chi connectivity index (χ0v) is 13.9. The minimum atomic E-state index is -0.433. The van der Waals surface area contributed by atoms with E-state index in [1.807, 2.05) is 0 Å². The van der Waals surface area contributed by atoms with Crippen molar-refractivity contribution in [3.8, 4) is 0 Å². The number of carbonyl (C=O) groups excluding carboxylic acids is 1. The first-order valence-corrected chi connectivity index (χ1v) is 7.56. The fraction of sp³-hybridized carbons (Fsp3) is 0.0667. The van der Waals surface area contributed by atoms with Crippen LogP contribution in [0.25, 0.3) is 0 Å². The van der Waals surface area contributed by atoms with Crippen molar-refractivity contribution in [2.75, 3.05) is 10.6 Å². The number of halogens is 2. The van der Waals surface area contributed by atoms with Gasteiger partial charge in [-0.3, -0.25) is 4.79 Å². The molecule has 7 nitrogen and oxygen atoms in total. The van der Waals surface area contributed by atoms with Crippen LogP contribution in [0.2, 0.25) is 10.0 Å². The minimum absolute atomic E-state index is 0.168. The number of rotatable bonds is 4. The standard InChI is InChI=1S/C15H11Cl2N5O2/c1-8-4-13(22-24-8)21-14(23)12-2-3-18-15(20-12)19-11-6-9(16)5-10(17)7-11/h2-7H,1H3,(H,18,19,20)(H,21,22,23). The summed E-state index contributed by atoms with van der Waals surface area (Å²) in [7, 11) is 0. The van der Waals surface area contributed by atoms with Gasteiger partial charge in [-0.05, 0) is 31.2 Å². The van der Waals surface area contributed by atoms with Gasteiger partial charge in [0.25, 0.3) is 5.91 Å². The predicted octanol–water partition coefficient (Wildman–Crippen LogP) is 4.08. The summed E-state index contributed by atoms with van der Waals surface area (Å²) in [4.78, 5) is 20.4. The summed E-state index contributed by atoms with van der Waals surface area (Å²) in [5.41, 5.74) is 0.776. The van der Waals surface area contributed by atoms with Crippen LogP contribution in [0.15, 0.2) is 41.1 Å². The number of hydrogen-bond donors (Lipinski definition) is 2. The molecule has 0 spiro atoms. The molecule has 0 fully saturated rings. The molecule has 0 saturated carbocycles. The van der Waals surface area contributed by atoms with Crippen LogP contribution in [0.5, 0.6) is 0 Å². The Morgan fingerprint density at radius 1 is 1.17 bits per heavy atom. The highest BCUT2D eigenvalue weighted by atomic mass is 35.5.